The first kappa shape index (κ1) is 27.4. The maximum atomic E-state index is 13.3. The van der Waals surface area contributed by atoms with Gasteiger partial charge in [0.15, 0.2) is 12.4 Å². The highest BCUT2D eigenvalue weighted by molar-refractivity contribution is 6.14. The molecular formula is C30H30N2O7. The summed E-state index contributed by atoms with van der Waals surface area (Å²) >= 11 is 0. The number of benzene rings is 2. The predicted molar refractivity (Wildman–Crippen MR) is 144 cm³/mol. The highest BCUT2D eigenvalue weighted by atomic mass is 16.6. The molecule has 1 amide bonds. The van der Waals surface area contributed by atoms with Crippen LogP contribution < -0.4 is 10.1 Å². The summed E-state index contributed by atoms with van der Waals surface area (Å²) in [4.78, 5) is 36.7. The third-order valence-corrected chi connectivity index (χ3v) is 5.65. The Balaban J connectivity index is 1.43. The lowest BCUT2D eigenvalue weighted by Gasteiger charge is -2.19. The highest BCUT2D eigenvalue weighted by Gasteiger charge is 2.22. The van der Waals surface area contributed by atoms with Crippen molar-refractivity contribution >= 4 is 17.8 Å². The molecule has 1 N–H and O–H groups in total. The number of hydrogen-bond donors (Lipinski definition) is 1. The Labute approximate surface area is 226 Å². The summed E-state index contributed by atoms with van der Waals surface area (Å²) in [5, 5.41) is 6.88. The smallest absolute Gasteiger partial charge is 0.407 e. The number of ketones is 1. The number of nitrogens with zero attached hydrogens (tertiary/aromatic N) is 1. The molecule has 9 heteroatoms. The molecule has 0 atom stereocenters. The van der Waals surface area contributed by atoms with Crippen molar-refractivity contribution in [2.24, 2.45) is 0 Å². The molecule has 1 heterocycles. The van der Waals surface area contributed by atoms with Gasteiger partial charge in [0, 0.05) is 34.4 Å². The largest absolute Gasteiger partial charge is 0.482 e. The lowest BCUT2D eigenvalue weighted by Crippen LogP contribution is -2.32. The zero-order valence-electron chi connectivity index (χ0n) is 22.3. The second-order valence-electron chi connectivity index (χ2n) is 9.74. The van der Waals surface area contributed by atoms with E-state index in [1.165, 1.54) is 6.26 Å². The molecule has 0 saturated heterocycles. The average Bonchev–Trinajstić information content (AvgIpc) is 3.35. The lowest BCUT2D eigenvalue weighted by atomic mass is 9.98. The van der Waals surface area contributed by atoms with Gasteiger partial charge in [-0.05, 0) is 63.6 Å². The number of hydrogen-bond acceptors (Lipinski definition) is 8. The molecule has 1 aliphatic heterocycles. The Morgan fingerprint density at radius 2 is 1.64 bits per heavy atom. The Kier molecular flexibility index (Phi) is 8.29. The summed E-state index contributed by atoms with van der Waals surface area (Å²) in [6, 6.07) is 17.7. The molecular weight excluding hydrogens is 500 g/mol. The number of carbonyl (C=O) groups is 3. The zero-order valence-corrected chi connectivity index (χ0v) is 22.3. The van der Waals surface area contributed by atoms with Gasteiger partial charge in [-0.25, -0.2) is 9.59 Å². The fraction of sp³-hybridized carbons (Fsp3) is 0.267. The first-order valence-electron chi connectivity index (χ1n) is 12.5. The topological polar surface area (TPSA) is 117 Å². The van der Waals surface area contributed by atoms with Crippen LogP contribution in [0.1, 0.15) is 49.2 Å². The van der Waals surface area contributed by atoms with Crippen molar-refractivity contribution in [2.75, 3.05) is 13.2 Å². The van der Waals surface area contributed by atoms with E-state index in [4.69, 9.17) is 18.7 Å². The van der Waals surface area contributed by atoms with Crippen LogP contribution in [-0.4, -0.2) is 41.8 Å². The molecule has 0 unspecified atom stereocenters. The second kappa shape index (κ2) is 11.8. The van der Waals surface area contributed by atoms with E-state index in [1.807, 2.05) is 6.07 Å². The minimum Gasteiger partial charge on any atom is -0.482 e. The first-order chi connectivity index (χ1) is 18.6. The standard InChI is InChI=1S/C30H30N2O7/c1-5-36-26(33)18-37-22-12-10-20(11-13-22)27-23-14-15-24(25(23)17-38-32-27)28(34)21-8-6-19(7-9-21)16-31-29(35)39-30(2,3)4/h6-15,17H,5,16,18H2,1-4H3,(H,31,35). The molecule has 0 saturated carbocycles. The lowest BCUT2D eigenvalue weighted by molar-refractivity contribution is -0.145. The molecule has 0 fully saturated rings. The molecule has 4 rings (SSSR count). The van der Waals surface area contributed by atoms with Crippen LogP contribution in [0, 0.1) is 0 Å². The van der Waals surface area contributed by atoms with E-state index in [-0.39, 0.29) is 18.9 Å². The molecule has 0 spiro atoms. The van der Waals surface area contributed by atoms with Crippen LogP contribution in [0.3, 0.4) is 0 Å². The maximum Gasteiger partial charge on any atom is 0.407 e. The molecule has 39 heavy (non-hydrogen) atoms. The Morgan fingerprint density at radius 3 is 2.31 bits per heavy atom. The van der Waals surface area contributed by atoms with Gasteiger partial charge in [0.2, 0.25) is 0 Å². The molecule has 0 radical (unpaired) electrons. The van der Waals surface area contributed by atoms with Crippen molar-refractivity contribution in [3.63, 3.8) is 0 Å². The predicted octanol–water partition coefficient (Wildman–Crippen LogP) is 5.64. The minimum absolute atomic E-state index is 0.160. The maximum absolute atomic E-state index is 13.3. The number of esters is 1. The number of rotatable bonds is 9. The van der Waals surface area contributed by atoms with Gasteiger partial charge in [0.25, 0.3) is 0 Å². The summed E-state index contributed by atoms with van der Waals surface area (Å²) < 4.78 is 20.9. The molecule has 1 aliphatic carbocycles. The third-order valence-electron chi connectivity index (χ3n) is 5.65. The number of nitrogens with one attached hydrogen (secondary N) is 1. The van der Waals surface area contributed by atoms with Crippen molar-refractivity contribution in [1.29, 1.82) is 0 Å². The van der Waals surface area contributed by atoms with Gasteiger partial charge in [-0.15, -0.1) is 0 Å². The van der Waals surface area contributed by atoms with Gasteiger partial charge in [-0.3, -0.25) is 4.79 Å². The van der Waals surface area contributed by atoms with Gasteiger partial charge >= 0.3 is 12.1 Å². The van der Waals surface area contributed by atoms with E-state index in [2.05, 4.69) is 10.5 Å². The quantitative estimate of drug-likeness (QED) is 0.218. The summed E-state index contributed by atoms with van der Waals surface area (Å²) in [7, 11) is 0. The second-order valence-corrected chi connectivity index (χ2v) is 9.74. The number of aromatic nitrogens is 1. The Morgan fingerprint density at radius 1 is 0.923 bits per heavy atom. The van der Waals surface area contributed by atoms with E-state index in [1.54, 1.807) is 82.3 Å². The molecule has 0 aromatic heterocycles. The molecule has 0 bridgehead atoms. The van der Waals surface area contributed by atoms with Crippen LogP contribution in [0.15, 0.2) is 71.4 Å². The zero-order chi connectivity index (χ0) is 28.0. The van der Waals surface area contributed by atoms with Crippen molar-refractivity contribution in [3.05, 3.63) is 83.6 Å². The monoisotopic (exact) mass is 530 g/mol. The normalized spacial score (nSPS) is 11.2. The van der Waals surface area contributed by atoms with E-state index < -0.39 is 17.7 Å². The summed E-state index contributed by atoms with van der Waals surface area (Å²) in [6.07, 6.45) is 0.958. The van der Waals surface area contributed by atoms with Crippen molar-refractivity contribution < 1.29 is 33.1 Å². The highest BCUT2D eigenvalue weighted by Crippen LogP contribution is 2.37. The van der Waals surface area contributed by atoms with Gasteiger partial charge in [0.05, 0.1) is 6.61 Å². The summed E-state index contributed by atoms with van der Waals surface area (Å²) in [5.41, 5.74) is 4.00. The SMILES string of the molecule is CCOC(=O)COc1ccc(-c2nocc3c(C(=O)c4ccc(CNC(=O)OC(C)(C)C)cc4)ccc2-3)cc1. The van der Waals surface area contributed by atoms with Crippen LogP contribution in [0.2, 0.25) is 0 Å². The van der Waals surface area contributed by atoms with Crippen LogP contribution in [0.25, 0.3) is 22.4 Å². The van der Waals surface area contributed by atoms with Crippen LogP contribution >= 0.6 is 0 Å². The van der Waals surface area contributed by atoms with Gasteiger partial charge < -0.3 is 24.1 Å². The summed E-state index contributed by atoms with van der Waals surface area (Å²) in [6.45, 7) is 7.53. The molecule has 202 valence electrons. The molecule has 9 nitrogen and oxygen atoms in total. The van der Waals surface area contributed by atoms with Crippen molar-refractivity contribution in [2.45, 2.75) is 39.8 Å². The summed E-state index contributed by atoms with van der Waals surface area (Å²) in [5.74, 6) is -0.0846. The number of fused-ring (bicyclic) bond motifs is 1. The van der Waals surface area contributed by atoms with Crippen LogP contribution in [0.5, 0.6) is 5.75 Å². The number of ether oxygens (including phenoxy) is 3. The van der Waals surface area contributed by atoms with E-state index >= 15 is 0 Å². The Bertz CT molecular complexity index is 1420. The van der Waals surface area contributed by atoms with Crippen molar-refractivity contribution in [1.82, 2.24) is 10.5 Å². The van der Waals surface area contributed by atoms with Gasteiger partial charge in [-0.1, -0.05) is 35.5 Å². The number of carbonyl (C=O) groups excluding carboxylic acids is 3. The van der Waals surface area contributed by atoms with Gasteiger partial charge in [0.1, 0.15) is 23.3 Å². The van der Waals surface area contributed by atoms with E-state index in [0.717, 1.165) is 16.7 Å². The van der Waals surface area contributed by atoms with Crippen molar-refractivity contribution in [3.8, 4) is 28.1 Å². The first-order valence-corrected chi connectivity index (χ1v) is 12.5. The van der Waals surface area contributed by atoms with E-state index in [0.29, 0.717) is 34.7 Å². The fourth-order valence-electron chi connectivity index (χ4n) is 3.88. The third kappa shape index (κ3) is 7.01. The molecule has 2 aromatic carbocycles. The molecule has 2 aliphatic rings. The van der Waals surface area contributed by atoms with Gasteiger partial charge in [-0.2, -0.15) is 0 Å². The Hall–Kier alpha value is -4.66. The number of alkyl carbamates (subject to hydrolysis) is 1. The minimum atomic E-state index is -0.576. The van der Waals surface area contributed by atoms with Crippen LogP contribution in [0.4, 0.5) is 4.79 Å². The molecule has 2 aromatic rings. The fourth-order valence-corrected chi connectivity index (χ4v) is 3.88. The van der Waals surface area contributed by atoms with Crippen LogP contribution in [-0.2, 0) is 20.8 Å². The van der Waals surface area contributed by atoms with E-state index in [9.17, 15) is 14.4 Å². The average molecular weight is 531 g/mol. The number of amides is 1.